The number of rotatable bonds is 9. The van der Waals surface area contributed by atoms with Crippen molar-refractivity contribution in [3.8, 4) is 0 Å². The Morgan fingerprint density at radius 3 is 1.67 bits per heavy atom. The number of Topliss-reactive ketones (excluding diaryl/α,β-unsaturated/α-hetero) is 1. The van der Waals surface area contributed by atoms with Crippen molar-refractivity contribution in [1.29, 1.82) is 0 Å². The van der Waals surface area contributed by atoms with Crippen LogP contribution in [0.4, 0.5) is 0 Å². The van der Waals surface area contributed by atoms with Crippen LogP contribution in [-0.4, -0.2) is 29.6 Å². The van der Waals surface area contributed by atoms with Crippen LogP contribution in [0.5, 0.6) is 0 Å². The maximum Gasteiger partial charge on any atom is 0.310 e. The molecule has 0 fully saturated rings. The lowest BCUT2D eigenvalue weighted by Crippen LogP contribution is -2.43. The van der Waals surface area contributed by atoms with Crippen LogP contribution in [0.25, 0.3) is 0 Å². The Hall–Kier alpha value is -1.16. The quantitative estimate of drug-likeness (QED) is 0.377. The summed E-state index contributed by atoms with van der Waals surface area (Å²) >= 11 is 0. The SMILES string of the molecule is C=C(C)C(=O)CC(C)(C)OCCC(C)(C)OC(=O)C(C(C)(C)C)C(C)(C)C. The Bertz CT molecular complexity index is 528. The van der Waals surface area contributed by atoms with Gasteiger partial charge in [0.15, 0.2) is 5.78 Å². The lowest BCUT2D eigenvalue weighted by Gasteiger charge is -2.40. The number of carbonyl (C=O) groups is 2. The number of allylic oxidation sites excluding steroid dienone is 1. The van der Waals surface area contributed by atoms with Gasteiger partial charge in [0.05, 0.1) is 18.1 Å². The van der Waals surface area contributed by atoms with Crippen molar-refractivity contribution in [3.63, 3.8) is 0 Å². The summed E-state index contributed by atoms with van der Waals surface area (Å²) in [5.41, 5.74) is -1.05. The van der Waals surface area contributed by atoms with E-state index in [1.165, 1.54) is 0 Å². The number of ether oxygens (including phenoxy) is 2. The first kappa shape index (κ1) is 25.8. The van der Waals surface area contributed by atoms with E-state index in [1.807, 2.05) is 27.7 Å². The normalized spacial score (nSPS) is 13.6. The highest BCUT2D eigenvalue weighted by molar-refractivity contribution is 5.94. The van der Waals surface area contributed by atoms with Gasteiger partial charge in [-0.2, -0.15) is 0 Å². The minimum atomic E-state index is -0.639. The van der Waals surface area contributed by atoms with Gasteiger partial charge >= 0.3 is 5.97 Å². The minimum Gasteiger partial charge on any atom is -0.459 e. The van der Waals surface area contributed by atoms with Gasteiger partial charge in [0.25, 0.3) is 0 Å². The van der Waals surface area contributed by atoms with Gasteiger partial charge in [-0.05, 0) is 51.0 Å². The molecule has 4 nitrogen and oxygen atoms in total. The zero-order valence-electron chi connectivity index (χ0n) is 19.5. The highest BCUT2D eigenvalue weighted by Gasteiger charge is 2.43. The van der Waals surface area contributed by atoms with Crippen LogP contribution in [0, 0.1) is 16.7 Å². The van der Waals surface area contributed by atoms with E-state index in [4.69, 9.17) is 9.47 Å². The number of hydrogen-bond donors (Lipinski definition) is 0. The smallest absolute Gasteiger partial charge is 0.310 e. The van der Waals surface area contributed by atoms with Crippen molar-refractivity contribution < 1.29 is 19.1 Å². The van der Waals surface area contributed by atoms with E-state index in [1.54, 1.807) is 6.92 Å². The third-order valence-corrected chi connectivity index (χ3v) is 4.60. The molecule has 0 atom stereocenters. The van der Waals surface area contributed by atoms with Gasteiger partial charge < -0.3 is 9.47 Å². The number of carbonyl (C=O) groups excluding carboxylic acids is 2. The summed E-state index contributed by atoms with van der Waals surface area (Å²) in [6, 6.07) is 0. The van der Waals surface area contributed by atoms with Crippen molar-refractivity contribution in [3.05, 3.63) is 12.2 Å². The molecule has 0 aromatic heterocycles. The molecule has 0 radical (unpaired) electrons. The molecule has 4 heteroatoms. The third-order valence-electron chi connectivity index (χ3n) is 4.60. The van der Waals surface area contributed by atoms with E-state index in [0.717, 1.165) is 0 Å². The lowest BCUT2D eigenvalue weighted by atomic mass is 9.66. The van der Waals surface area contributed by atoms with Gasteiger partial charge in [-0.1, -0.05) is 48.1 Å². The van der Waals surface area contributed by atoms with E-state index in [9.17, 15) is 9.59 Å². The Balaban J connectivity index is 4.87. The molecular formula is C23H42O4. The second kappa shape index (κ2) is 8.89. The highest BCUT2D eigenvalue weighted by atomic mass is 16.6. The second-order valence-electron chi connectivity index (χ2n) is 11.1. The number of ketones is 1. The largest absolute Gasteiger partial charge is 0.459 e. The second-order valence-corrected chi connectivity index (χ2v) is 11.1. The molecule has 0 rings (SSSR count). The van der Waals surface area contributed by atoms with E-state index in [-0.39, 0.29) is 28.5 Å². The summed E-state index contributed by atoms with van der Waals surface area (Å²) in [5, 5.41) is 0. The summed E-state index contributed by atoms with van der Waals surface area (Å²) < 4.78 is 11.8. The molecule has 0 bridgehead atoms. The van der Waals surface area contributed by atoms with Crippen LogP contribution in [-0.2, 0) is 19.1 Å². The van der Waals surface area contributed by atoms with Gasteiger partial charge in [-0.25, -0.2) is 0 Å². The van der Waals surface area contributed by atoms with Gasteiger partial charge in [0, 0.05) is 12.8 Å². The first-order valence-electron chi connectivity index (χ1n) is 9.84. The Labute approximate surface area is 167 Å². The first-order valence-corrected chi connectivity index (χ1v) is 9.84. The van der Waals surface area contributed by atoms with Crippen LogP contribution >= 0.6 is 0 Å². The first-order chi connectivity index (χ1) is 11.8. The Morgan fingerprint density at radius 2 is 1.30 bits per heavy atom. The van der Waals surface area contributed by atoms with Crippen molar-refractivity contribution in [2.75, 3.05) is 6.61 Å². The standard InChI is InChI=1S/C23H42O4/c1-16(2)17(24)15-23(11,12)26-14-13-22(9,10)27-19(25)18(20(3,4)5)21(6,7)8/h18H,1,13-15H2,2-12H3. The summed E-state index contributed by atoms with van der Waals surface area (Å²) in [4.78, 5) is 24.8. The number of hydrogen-bond acceptors (Lipinski definition) is 4. The monoisotopic (exact) mass is 382 g/mol. The van der Waals surface area contributed by atoms with Crippen LogP contribution in [0.2, 0.25) is 0 Å². The molecule has 0 N–H and O–H groups in total. The fourth-order valence-electron chi connectivity index (χ4n) is 3.55. The average Bonchev–Trinajstić information content (AvgIpc) is 2.31. The molecule has 0 saturated carbocycles. The summed E-state index contributed by atoms with van der Waals surface area (Å²) in [7, 11) is 0. The number of esters is 1. The fraction of sp³-hybridized carbons (Fsp3) is 0.826. The zero-order chi connectivity index (χ0) is 21.8. The maximum atomic E-state index is 12.9. The van der Waals surface area contributed by atoms with Crippen LogP contribution in [0.3, 0.4) is 0 Å². The van der Waals surface area contributed by atoms with Crippen molar-refractivity contribution in [1.82, 2.24) is 0 Å². The predicted octanol–water partition coefficient (Wildman–Crippen LogP) is 5.74. The van der Waals surface area contributed by atoms with E-state index >= 15 is 0 Å². The summed E-state index contributed by atoms with van der Waals surface area (Å²) in [6.45, 7) is 25.8. The molecule has 158 valence electrons. The zero-order valence-corrected chi connectivity index (χ0v) is 19.5. The van der Waals surface area contributed by atoms with Gasteiger partial charge in [-0.15, -0.1) is 0 Å². The van der Waals surface area contributed by atoms with Crippen molar-refractivity contribution >= 4 is 11.8 Å². The summed E-state index contributed by atoms with van der Waals surface area (Å²) in [6.07, 6.45) is 0.850. The molecule has 0 aromatic carbocycles. The molecule has 0 aliphatic rings. The molecule has 0 aromatic rings. The molecular weight excluding hydrogens is 340 g/mol. The average molecular weight is 383 g/mol. The molecule has 0 amide bonds. The molecule has 27 heavy (non-hydrogen) atoms. The highest BCUT2D eigenvalue weighted by Crippen LogP contribution is 2.41. The topological polar surface area (TPSA) is 52.6 Å². The molecule has 0 saturated heterocycles. The Kier molecular flexibility index (Phi) is 8.51. The molecule has 0 aliphatic heterocycles. The molecule has 0 heterocycles. The van der Waals surface area contributed by atoms with Crippen molar-refractivity contribution in [2.24, 2.45) is 16.7 Å². The maximum absolute atomic E-state index is 12.9. The molecule has 0 spiro atoms. The van der Waals surface area contributed by atoms with E-state index in [2.05, 4.69) is 48.1 Å². The van der Waals surface area contributed by atoms with E-state index < -0.39 is 11.2 Å². The molecule has 0 unspecified atom stereocenters. The lowest BCUT2D eigenvalue weighted by molar-refractivity contribution is -0.173. The van der Waals surface area contributed by atoms with Gasteiger partial charge in [-0.3, -0.25) is 9.59 Å². The molecule has 0 aliphatic carbocycles. The Morgan fingerprint density at radius 1 is 0.852 bits per heavy atom. The predicted molar refractivity (Wildman–Crippen MR) is 112 cm³/mol. The van der Waals surface area contributed by atoms with Crippen LogP contribution in [0.1, 0.15) is 89.0 Å². The van der Waals surface area contributed by atoms with Crippen LogP contribution in [0.15, 0.2) is 12.2 Å². The van der Waals surface area contributed by atoms with E-state index in [0.29, 0.717) is 25.0 Å². The van der Waals surface area contributed by atoms with Gasteiger partial charge in [0.1, 0.15) is 5.60 Å². The third kappa shape index (κ3) is 9.55. The van der Waals surface area contributed by atoms with Crippen LogP contribution < -0.4 is 0 Å². The summed E-state index contributed by atoms with van der Waals surface area (Å²) in [5.74, 6) is -0.379. The fourth-order valence-corrected chi connectivity index (χ4v) is 3.55. The van der Waals surface area contributed by atoms with Crippen molar-refractivity contribution in [2.45, 2.75) is 100 Å². The minimum absolute atomic E-state index is 0.00360. The van der Waals surface area contributed by atoms with Gasteiger partial charge in [0.2, 0.25) is 0 Å².